The van der Waals surface area contributed by atoms with Crippen molar-refractivity contribution >= 4 is 33.2 Å². The topological polar surface area (TPSA) is 81.5 Å². The first-order valence-electron chi connectivity index (χ1n) is 6.49. The predicted molar refractivity (Wildman–Crippen MR) is 86.1 cm³/mol. The first-order valence-corrected chi connectivity index (χ1v) is 7.29. The second-order valence-corrected chi connectivity index (χ2v) is 5.52. The molecule has 0 aromatic heterocycles. The van der Waals surface area contributed by atoms with Crippen molar-refractivity contribution in [3.8, 4) is 5.75 Å². The molecule has 0 atom stereocenters. The van der Waals surface area contributed by atoms with Gasteiger partial charge in [0, 0.05) is 17.3 Å². The zero-order valence-electron chi connectivity index (χ0n) is 12.0. The van der Waals surface area contributed by atoms with Crippen molar-refractivity contribution in [2.24, 2.45) is 0 Å². The molecule has 2 aromatic carbocycles. The summed E-state index contributed by atoms with van der Waals surface area (Å²) in [7, 11) is 0. The Labute approximate surface area is 139 Å². The van der Waals surface area contributed by atoms with Gasteiger partial charge in [-0.3, -0.25) is 14.9 Å². The first-order chi connectivity index (χ1) is 10.9. The van der Waals surface area contributed by atoms with Crippen LogP contribution in [0.4, 0.5) is 15.8 Å². The van der Waals surface area contributed by atoms with E-state index >= 15 is 0 Å². The van der Waals surface area contributed by atoms with Crippen molar-refractivity contribution in [2.75, 3.05) is 11.9 Å². The molecule has 1 amide bonds. The van der Waals surface area contributed by atoms with Gasteiger partial charge in [-0.05, 0) is 47.1 Å². The van der Waals surface area contributed by atoms with Crippen LogP contribution in [0.3, 0.4) is 0 Å². The van der Waals surface area contributed by atoms with E-state index in [9.17, 15) is 19.3 Å². The zero-order chi connectivity index (χ0) is 17.0. The third kappa shape index (κ3) is 4.49. The summed E-state index contributed by atoms with van der Waals surface area (Å²) in [4.78, 5) is 22.2. The summed E-state index contributed by atoms with van der Waals surface area (Å²) in [6.45, 7) is 1.30. The number of nitro groups is 1. The summed E-state index contributed by atoms with van der Waals surface area (Å²) >= 11 is 3.13. The lowest BCUT2D eigenvalue weighted by Crippen LogP contribution is -2.20. The molecule has 8 heteroatoms. The van der Waals surface area contributed by atoms with E-state index in [-0.39, 0.29) is 12.3 Å². The highest BCUT2D eigenvalue weighted by Crippen LogP contribution is 2.25. The van der Waals surface area contributed by atoms with E-state index in [0.29, 0.717) is 21.5 Å². The lowest BCUT2D eigenvalue weighted by atomic mass is 10.2. The van der Waals surface area contributed by atoms with Crippen LogP contribution in [0, 0.1) is 22.9 Å². The molecule has 0 aliphatic rings. The summed E-state index contributed by atoms with van der Waals surface area (Å²) in [6, 6.07) is 8.21. The fourth-order valence-corrected chi connectivity index (χ4v) is 2.28. The smallest absolute Gasteiger partial charge is 0.274 e. The molecule has 0 saturated carbocycles. The summed E-state index contributed by atoms with van der Waals surface area (Å²) in [5.41, 5.74) is 0.721. The molecule has 0 unspecified atom stereocenters. The van der Waals surface area contributed by atoms with E-state index in [1.807, 2.05) is 0 Å². The molecule has 1 N–H and O–H groups in total. The molecule has 0 radical (unpaired) electrons. The van der Waals surface area contributed by atoms with Gasteiger partial charge in [-0.2, -0.15) is 0 Å². The number of carbonyl (C=O) groups is 1. The van der Waals surface area contributed by atoms with E-state index < -0.39 is 16.6 Å². The molecule has 23 heavy (non-hydrogen) atoms. The summed E-state index contributed by atoms with van der Waals surface area (Å²) < 4.78 is 18.6. The number of halogens is 2. The molecule has 6 nitrogen and oxygen atoms in total. The van der Waals surface area contributed by atoms with Crippen molar-refractivity contribution in [2.45, 2.75) is 6.92 Å². The van der Waals surface area contributed by atoms with Gasteiger partial charge < -0.3 is 10.1 Å². The van der Waals surface area contributed by atoms with Crippen LogP contribution in [0.1, 0.15) is 5.56 Å². The average molecular weight is 383 g/mol. The van der Waals surface area contributed by atoms with Crippen molar-refractivity contribution in [1.29, 1.82) is 0 Å². The maximum atomic E-state index is 12.9. The molecule has 0 heterocycles. The highest BCUT2D eigenvalue weighted by atomic mass is 79.9. The fraction of sp³-hybridized carbons (Fsp3) is 0.133. The minimum absolute atomic E-state index is 0.0787. The molecule has 0 aliphatic carbocycles. The number of nitro benzene ring substituents is 1. The number of aryl methyl sites for hydroxylation is 1. The monoisotopic (exact) mass is 382 g/mol. The van der Waals surface area contributed by atoms with Gasteiger partial charge in [0.05, 0.1) is 9.40 Å². The van der Waals surface area contributed by atoms with Gasteiger partial charge in [-0.1, -0.05) is 6.07 Å². The van der Waals surface area contributed by atoms with Crippen molar-refractivity contribution in [3.05, 3.63) is 62.4 Å². The summed E-state index contributed by atoms with van der Waals surface area (Å²) in [5.74, 6) is -0.601. The van der Waals surface area contributed by atoms with Crippen LogP contribution in [-0.4, -0.2) is 17.4 Å². The Bertz CT molecular complexity index is 767. The van der Waals surface area contributed by atoms with Crippen molar-refractivity contribution < 1.29 is 18.8 Å². The Hall–Kier alpha value is -2.48. The van der Waals surface area contributed by atoms with Gasteiger partial charge in [0.1, 0.15) is 11.6 Å². The SMILES string of the molecule is Cc1ccc(NC(=O)COc2ccc(F)cc2Br)cc1[N+](=O)[O-]. The predicted octanol–water partition coefficient (Wildman–Crippen LogP) is 3.82. The molecule has 0 fully saturated rings. The van der Waals surface area contributed by atoms with Gasteiger partial charge in [0.15, 0.2) is 6.61 Å². The quantitative estimate of drug-likeness (QED) is 0.629. The number of nitrogens with zero attached hydrogens (tertiary/aromatic N) is 1. The Kier molecular flexibility index (Phi) is 5.28. The van der Waals surface area contributed by atoms with Crippen LogP contribution in [-0.2, 0) is 4.79 Å². The second-order valence-electron chi connectivity index (χ2n) is 4.67. The Morgan fingerprint density at radius 2 is 2.09 bits per heavy atom. The number of nitrogens with one attached hydrogen (secondary N) is 1. The minimum atomic E-state index is -0.517. The van der Waals surface area contributed by atoms with Gasteiger partial charge in [-0.15, -0.1) is 0 Å². The number of benzene rings is 2. The normalized spacial score (nSPS) is 10.2. The van der Waals surface area contributed by atoms with Crippen LogP contribution in [0.25, 0.3) is 0 Å². The average Bonchev–Trinajstić information content (AvgIpc) is 2.48. The van der Waals surface area contributed by atoms with E-state index in [1.165, 1.54) is 24.3 Å². The molecule has 2 rings (SSSR count). The second kappa shape index (κ2) is 7.19. The van der Waals surface area contributed by atoms with Crippen LogP contribution in [0.2, 0.25) is 0 Å². The largest absolute Gasteiger partial charge is 0.483 e. The van der Waals surface area contributed by atoms with Crippen LogP contribution in [0.15, 0.2) is 40.9 Å². The van der Waals surface area contributed by atoms with Crippen LogP contribution in [0.5, 0.6) is 5.75 Å². The maximum absolute atomic E-state index is 12.9. The van der Waals surface area contributed by atoms with Gasteiger partial charge in [-0.25, -0.2) is 4.39 Å². The standard InChI is InChI=1S/C15H12BrFN2O4/c1-9-2-4-11(7-13(9)19(21)22)18-15(20)8-23-14-5-3-10(17)6-12(14)16/h2-7H,8H2,1H3,(H,18,20). The summed E-state index contributed by atoms with van der Waals surface area (Å²) in [5, 5.41) is 13.4. The van der Waals surface area contributed by atoms with E-state index in [4.69, 9.17) is 4.74 Å². The number of ether oxygens (including phenoxy) is 1. The minimum Gasteiger partial charge on any atom is -0.483 e. The number of rotatable bonds is 5. The number of carbonyl (C=O) groups excluding carboxylic acids is 1. The molecule has 120 valence electrons. The number of amides is 1. The Morgan fingerprint density at radius 1 is 1.35 bits per heavy atom. The van der Waals surface area contributed by atoms with Gasteiger partial charge >= 0.3 is 0 Å². The molecule has 0 saturated heterocycles. The Morgan fingerprint density at radius 3 is 2.74 bits per heavy atom. The molecular weight excluding hydrogens is 371 g/mol. The maximum Gasteiger partial charge on any atom is 0.274 e. The molecule has 2 aromatic rings. The van der Waals surface area contributed by atoms with Gasteiger partial charge in [0.25, 0.3) is 11.6 Å². The summed E-state index contributed by atoms with van der Waals surface area (Å²) in [6.07, 6.45) is 0. The number of hydrogen-bond donors (Lipinski definition) is 1. The van der Waals surface area contributed by atoms with Crippen molar-refractivity contribution in [3.63, 3.8) is 0 Å². The third-order valence-corrected chi connectivity index (χ3v) is 3.56. The molecule has 0 aliphatic heterocycles. The van der Waals surface area contributed by atoms with Crippen LogP contribution < -0.4 is 10.1 Å². The number of hydrogen-bond acceptors (Lipinski definition) is 4. The molecule has 0 bridgehead atoms. The van der Waals surface area contributed by atoms with Gasteiger partial charge in [0.2, 0.25) is 0 Å². The fourth-order valence-electron chi connectivity index (χ4n) is 1.82. The first kappa shape index (κ1) is 16.9. The number of anilines is 1. The Balaban J connectivity index is 2.00. The zero-order valence-corrected chi connectivity index (χ0v) is 13.6. The van der Waals surface area contributed by atoms with Crippen molar-refractivity contribution in [1.82, 2.24) is 0 Å². The third-order valence-electron chi connectivity index (χ3n) is 2.94. The molecule has 0 spiro atoms. The van der Waals surface area contributed by atoms with Crippen LogP contribution >= 0.6 is 15.9 Å². The lowest BCUT2D eigenvalue weighted by molar-refractivity contribution is -0.385. The van der Waals surface area contributed by atoms with E-state index in [0.717, 1.165) is 0 Å². The van der Waals surface area contributed by atoms with E-state index in [2.05, 4.69) is 21.2 Å². The highest BCUT2D eigenvalue weighted by molar-refractivity contribution is 9.10. The molecular formula is C15H12BrFN2O4. The van der Waals surface area contributed by atoms with E-state index in [1.54, 1.807) is 19.1 Å². The lowest BCUT2D eigenvalue weighted by Gasteiger charge is -2.09. The highest BCUT2D eigenvalue weighted by Gasteiger charge is 2.13.